The summed E-state index contributed by atoms with van der Waals surface area (Å²) in [6, 6.07) is -0.243. The second kappa shape index (κ2) is 4.47. The molecule has 0 aromatic heterocycles. The predicted molar refractivity (Wildman–Crippen MR) is 58.4 cm³/mol. The van der Waals surface area contributed by atoms with Crippen LogP contribution in [0.2, 0.25) is 0 Å². The maximum Gasteiger partial charge on any atom is 0.321 e. The molecule has 84 valence electrons. The van der Waals surface area contributed by atoms with E-state index in [0.717, 1.165) is 24.1 Å². The van der Waals surface area contributed by atoms with Gasteiger partial charge in [0.05, 0.1) is 6.04 Å². The molecule has 1 aliphatic heterocycles. The molecule has 1 N–H and O–H groups in total. The molecule has 0 fully saturated rings. The third-order valence-electron chi connectivity index (χ3n) is 2.80. The second-order valence-electron chi connectivity index (χ2n) is 3.91. The van der Waals surface area contributed by atoms with Crippen LogP contribution in [0.15, 0.2) is 11.3 Å². The molecule has 2 amide bonds. The molecule has 15 heavy (non-hydrogen) atoms. The number of ketones is 1. The fraction of sp³-hybridized carbons (Fsp3) is 0.636. The van der Waals surface area contributed by atoms with Crippen molar-refractivity contribution >= 4 is 11.8 Å². The zero-order valence-corrected chi connectivity index (χ0v) is 9.76. The summed E-state index contributed by atoms with van der Waals surface area (Å²) in [5, 5.41) is 2.84. The maximum absolute atomic E-state index is 11.5. The summed E-state index contributed by atoms with van der Waals surface area (Å²) in [7, 11) is 1.68. The Hall–Kier alpha value is -1.32. The lowest BCUT2D eigenvalue weighted by atomic mass is 9.95. The number of hydrogen-bond acceptors (Lipinski definition) is 2. The van der Waals surface area contributed by atoms with Crippen molar-refractivity contribution in [3.63, 3.8) is 0 Å². The van der Waals surface area contributed by atoms with Gasteiger partial charge in [-0.05, 0) is 20.3 Å². The van der Waals surface area contributed by atoms with E-state index in [0.29, 0.717) is 0 Å². The number of hydrogen-bond donors (Lipinski definition) is 1. The molecule has 0 radical (unpaired) electrons. The SMILES string of the molecule is CCC[C@@H]1NC(=O)N(C)C(C)=C1C(C)=O. The van der Waals surface area contributed by atoms with Gasteiger partial charge < -0.3 is 10.2 Å². The minimum Gasteiger partial charge on any atom is -0.331 e. The standard InChI is InChI=1S/C11H18N2O2/c1-5-6-9-10(8(3)14)7(2)13(4)11(15)12-9/h9H,5-6H2,1-4H3,(H,12,15)/t9-/m0/s1. The highest BCUT2D eigenvalue weighted by Crippen LogP contribution is 2.21. The number of amides is 2. The molecule has 0 aliphatic carbocycles. The quantitative estimate of drug-likeness (QED) is 0.770. The summed E-state index contributed by atoms with van der Waals surface area (Å²) in [5.74, 6) is 0.0396. The molecular formula is C11H18N2O2. The topological polar surface area (TPSA) is 49.4 Å². The van der Waals surface area contributed by atoms with Gasteiger partial charge in [0.2, 0.25) is 0 Å². The van der Waals surface area contributed by atoms with Gasteiger partial charge in [-0.3, -0.25) is 4.79 Å². The molecule has 4 heteroatoms. The number of nitrogens with zero attached hydrogens (tertiary/aromatic N) is 1. The second-order valence-corrected chi connectivity index (χ2v) is 3.91. The van der Waals surface area contributed by atoms with Crippen LogP contribution >= 0.6 is 0 Å². The third kappa shape index (κ3) is 2.19. The molecule has 0 aromatic carbocycles. The summed E-state index contributed by atoms with van der Waals surface area (Å²) >= 11 is 0. The van der Waals surface area contributed by atoms with Gasteiger partial charge in [0, 0.05) is 18.3 Å². The fourth-order valence-corrected chi connectivity index (χ4v) is 1.91. The Kier molecular flexibility index (Phi) is 3.50. The highest BCUT2D eigenvalue weighted by atomic mass is 16.2. The number of urea groups is 1. The molecule has 1 heterocycles. The monoisotopic (exact) mass is 210 g/mol. The Balaban J connectivity index is 3.08. The van der Waals surface area contributed by atoms with Crippen LogP contribution in [0.4, 0.5) is 4.79 Å². The molecular weight excluding hydrogens is 192 g/mol. The van der Waals surface area contributed by atoms with Crippen molar-refractivity contribution in [1.82, 2.24) is 10.2 Å². The molecule has 0 unspecified atom stereocenters. The van der Waals surface area contributed by atoms with E-state index >= 15 is 0 Å². The fourth-order valence-electron chi connectivity index (χ4n) is 1.91. The first kappa shape index (κ1) is 11.8. The molecule has 0 aromatic rings. The zero-order chi connectivity index (χ0) is 11.6. The van der Waals surface area contributed by atoms with Gasteiger partial charge in [0.25, 0.3) is 0 Å². The van der Waals surface area contributed by atoms with Gasteiger partial charge in [-0.1, -0.05) is 13.3 Å². The largest absolute Gasteiger partial charge is 0.331 e. The van der Waals surface area contributed by atoms with Crippen molar-refractivity contribution in [2.24, 2.45) is 0 Å². The molecule has 1 rings (SSSR count). The Morgan fingerprint density at radius 1 is 1.53 bits per heavy atom. The van der Waals surface area contributed by atoms with Crippen LogP contribution < -0.4 is 5.32 Å². The molecule has 0 bridgehead atoms. The summed E-state index contributed by atoms with van der Waals surface area (Å²) < 4.78 is 0. The lowest BCUT2D eigenvalue weighted by Crippen LogP contribution is -2.50. The molecule has 1 aliphatic rings. The van der Waals surface area contributed by atoms with E-state index < -0.39 is 0 Å². The summed E-state index contributed by atoms with van der Waals surface area (Å²) in [4.78, 5) is 24.5. The Bertz CT molecular complexity index is 321. The first-order valence-corrected chi connectivity index (χ1v) is 5.25. The van der Waals surface area contributed by atoms with Crippen LogP contribution in [-0.4, -0.2) is 29.8 Å². The molecule has 0 saturated heterocycles. The lowest BCUT2D eigenvalue weighted by Gasteiger charge is -2.32. The molecule has 0 spiro atoms. The zero-order valence-electron chi connectivity index (χ0n) is 9.76. The predicted octanol–water partition coefficient (Wildman–Crippen LogP) is 1.67. The van der Waals surface area contributed by atoms with Gasteiger partial charge in [-0.15, -0.1) is 0 Å². The molecule has 1 atom stereocenters. The van der Waals surface area contributed by atoms with Crippen LogP contribution in [0, 0.1) is 0 Å². The smallest absolute Gasteiger partial charge is 0.321 e. The highest BCUT2D eigenvalue weighted by Gasteiger charge is 2.30. The number of nitrogens with one attached hydrogen (secondary N) is 1. The average Bonchev–Trinajstić information content (AvgIpc) is 2.14. The Morgan fingerprint density at radius 3 is 2.60 bits per heavy atom. The van der Waals surface area contributed by atoms with Crippen molar-refractivity contribution in [3.05, 3.63) is 11.3 Å². The Labute approximate surface area is 90.3 Å². The third-order valence-corrected chi connectivity index (χ3v) is 2.80. The van der Waals surface area contributed by atoms with E-state index in [1.165, 1.54) is 4.90 Å². The molecule has 0 saturated carbocycles. The first-order chi connectivity index (χ1) is 6.99. The van der Waals surface area contributed by atoms with E-state index in [9.17, 15) is 9.59 Å². The van der Waals surface area contributed by atoms with Crippen LogP contribution in [0.3, 0.4) is 0 Å². The van der Waals surface area contributed by atoms with Gasteiger partial charge in [0.15, 0.2) is 5.78 Å². The van der Waals surface area contributed by atoms with Crippen LogP contribution in [-0.2, 0) is 4.79 Å². The number of allylic oxidation sites excluding steroid dienone is 1. The van der Waals surface area contributed by atoms with Crippen molar-refractivity contribution < 1.29 is 9.59 Å². The maximum atomic E-state index is 11.5. The van der Waals surface area contributed by atoms with Crippen LogP contribution in [0.5, 0.6) is 0 Å². The van der Waals surface area contributed by atoms with Crippen molar-refractivity contribution in [2.45, 2.75) is 39.7 Å². The van der Waals surface area contributed by atoms with Crippen molar-refractivity contribution in [3.8, 4) is 0 Å². The van der Waals surface area contributed by atoms with Crippen molar-refractivity contribution in [1.29, 1.82) is 0 Å². The van der Waals surface area contributed by atoms with E-state index in [1.807, 2.05) is 13.8 Å². The van der Waals surface area contributed by atoms with Gasteiger partial charge >= 0.3 is 6.03 Å². The van der Waals surface area contributed by atoms with Gasteiger partial charge in [0.1, 0.15) is 0 Å². The summed E-state index contributed by atoms with van der Waals surface area (Å²) in [5.41, 5.74) is 1.50. The highest BCUT2D eigenvalue weighted by molar-refractivity contribution is 5.98. The van der Waals surface area contributed by atoms with E-state index in [1.54, 1.807) is 14.0 Å². The minimum atomic E-state index is -0.129. The minimum absolute atomic E-state index is 0.0396. The lowest BCUT2D eigenvalue weighted by molar-refractivity contribution is -0.114. The van der Waals surface area contributed by atoms with Gasteiger partial charge in [-0.2, -0.15) is 0 Å². The number of rotatable bonds is 3. The van der Waals surface area contributed by atoms with E-state index in [-0.39, 0.29) is 17.9 Å². The van der Waals surface area contributed by atoms with E-state index in [4.69, 9.17) is 0 Å². The van der Waals surface area contributed by atoms with Crippen LogP contribution in [0.25, 0.3) is 0 Å². The normalized spacial score (nSPS) is 21.7. The van der Waals surface area contributed by atoms with Gasteiger partial charge in [-0.25, -0.2) is 4.79 Å². The van der Waals surface area contributed by atoms with E-state index in [2.05, 4.69) is 5.32 Å². The summed E-state index contributed by atoms with van der Waals surface area (Å²) in [6.07, 6.45) is 1.75. The van der Waals surface area contributed by atoms with Crippen molar-refractivity contribution in [2.75, 3.05) is 7.05 Å². The summed E-state index contributed by atoms with van der Waals surface area (Å²) in [6.45, 7) is 5.41. The van der Waals surface area contributed by atoms with Crippen LogP contribution in [0.1, 0.15) is 33.6 Å². The Morgan fingerprint density at radius 2 is 2.13 bits per heavy atom. The first-order valence-electron chi connectivity index (χ1n) is 5.25. The number of carbonyl (C=O) groups is 2. The number of carbonyl (C=O) groups excluding carboxylic acids is 2. The molecule has 4 nitrogen and oxygen atoms in total. The average molecular weight is 210 g/mol. The number of Topliss-reactive ketones (excluding diaryl/α,β-unsaturated/α-hetero) is 1.